The van der Waals surface area contributed by atoms with Crippen molar-refractivity contribution < 1.29 is 14.4 Å². The molecule has 0 atom stereocenters. The summed E-state index contributed by atoms with van der Waals surface area (Å²) in [7, 11) is 0. The molecule has 0 bridgehead atoms. The van der Waals surface area contributed by atoms with Crippen LogP contribution in [-0.4, -0.2) is 41.9 Å². The number of benzene rings is 1. The first kappa shape index (κ1) is 15.3. The molecule has 0 spiro atoms. The number of amides is 4. The molecule has 1 aliphatic carbocycles. The maximum atomic E-state index is 12.4. The normalized spacial score (nSPS) is 17.6. The summed E-state index contributed by atoms with van der Waals surface area (Å²) in [6.07, 6.45) is 3.59. The zero-order chi connectivity index (χ0) is 16.6. The lowest BCUT2D eigenvalue weighted by Gasteiger charge is -2.18. The van der Waals surface area contributed by atoms with E-state index in [1.165, 1.54) is 4.90 Å². The molecule has 6 heteroatoms. The highest BCUT2D eigenvalue weighted by atomic mass is 16.2. The molecule has 1 saturated heterocycles. The summed E-state index contributed by atoms with van der Waals surface area (Å²) < 4.78 is 0. The highest BCUT2D eigenvalue weighted by Gasteiger charge is 2.37. The fourth-order valence-corrected chi connectivity index (χ4v) is 2.57. The highest BCUT2D eigenvalue weighted by Crippen LogP contribution is 2.27. The monoisotopic (exact) mass is 313 g/mol. The van der Waals surface area contributed by atoms with Gasteiger partial charge in [-0.15, -0.1) is 6.58 Å². The molecule has 0 radical (unpaired) electrons. The number of nitrogens with one attached hydrogen (secondary N) is 1. The first-order valence-corrected chi connectivity index (χ1v) is 7.65. The van der Waals surface area contributed by atoms with Crippen LogP contribution in [0.5, 0.6) is 0 Å². The van der Waals surface area contributed by atoms with Crippen LogP contribution >= 0.6 is 0 Å². The van der Waals surface area contributed by atoms with Gasteiger partial charge in [0.1, 0.15) is 6.54 Å². The average Bonchev–Trinajstić information content (AvgIpc) is 3.27. The van der Waals surface area contributed by atoms with Crippen LogP contribution in [0.3, 0.4) is 0 Å². The third-order valence-corrected chi connectivity index (χ3v) is 4.01. The first-order chi connectivity index (χ1) is 11.0. The van der Waals surface area contributed by atoms with Crippen molar-refractivity contribution in [1.29, 1.82) is 0 Å². The van der Waals surface area contributed by atoms with Crippen LogP contribution in [0.25, 0.3) is 0 Å². The molecule has 0 aromatic heterocycles. The van der Waals surface area contributed by atoms with E-state index in [0.29, 0.717) is 17.8 Å². The van der Waals surface area contributed by atoms with Crippen molar-refractivity contribution in [1.82, 2.24) is 10.2 Å². The maximum Gasteiger partial charge on any atom is 0.332 e. The summed E-state index contributed by atoms with van der Waals surface area (Å²) in [4.78, 5) is 39.4. The summed E-state index contributed by atoms with van der Waals surface area (Å²) in [6.45, 7) is 5.76. The number of hydrogen-bond donors (Lipinski definition) is 1. The van der Waals surface area contributed by atoms with Gasteiger partial charge in [-0.3, -0.25) is 9.59 Å². The van der Waals surface area contributed by atoms with Crippen LogP contribution in [0.4, 0.5) is 10.5 Å². The van der Waals surface area contributed by atoms with E-state index in [2.05, 4.69) is 11.9 Å². The van der Waals surface area contributed by atoms with E-state index < -0.39 is 0 Å². The molecule has 1 aromatic rings. The number of carbonyl (C=O) groups excluding carboxylic acids is 3. The predicted octanol–water partition coefficient (Wildman–Crippen LogP) is 1.84. The number of aryl methyl sites for hydroxylation is 1. The van der Waals surface area contributed by atoms with Crippen LogP contribution in [0.15, 0.2) is 30.9 Å². The smallest absolute Gasteiger partial charge is 0.332 e. The molecule has 3 rings (SSSR count). The summed E-state index contributed by atoms with van der Waals surface area (Å²) in [6, 6.07) is 4.96. The summed E-state index contributed by atoms with van der Waals surface area (Å²) in [5.41, 5.74) is 1.70. The standard InChI is InChI=1S/C17H19N3O3/c1-3-8-19-10-15(21)20(17(19)23)14-9-12(5-4-11(14)2)16(22)18-13-6-7-13/h3-5,9,13H,1,6-8,10H2,2H3,(H,18,22). The van der Waals surface area contributed by atoms with Gasteiger partial charge in [0.05, 0.1) is 5.69 Å². The summed E-state index contributed by atoms with van der Waals surface area (Å²) >= 11 is 0. The predicted molar refractivity (Wildman–Crippen MR) is 86.3 cm³/mol. The van der Waals surface area contributed by atoms with Crippen molar-refractivity contribution in [2.24, 2.45) is 0 Å². The molecule has 120 valence electrons. The Kier molecular flexibility index (Phi) is 3.90. The molecule has 1 aliphatic heterocycles. The molecule has 23 heavy (non-hydrogen) atoms. The number of anilines is 1. The van der Waals surface area contributed by atoms with Crippen LogP contribution in [0, 0.1) is 6.92 Å². The first-order valence-electron chi connectivity index (χ1n) is 7.65. The molecule has 4 amide bonds. The third-order valence-electron chi connectivity index (χ3n) is 4.01. The Morgan fingerprint density at radius 3 is 2.78 bits per heavy atom. The van der Waals surface area contributed by atoms with Gasteiger partial charge in [-0.05, 0) is 37.5 Å². The minimum absolute atomic E-state index is 0.0305. The largest absolute Gasteiger partial charge is 0.349 e. The number of hydrogen-bond acceptors (Lipinski definition) is 3. The molecule has 6 nitrogen and oxygen atoms in total. The van der Waals surface area contributed by atoms with Crippen molar-refractivity contribution in [3.63, 3.8) is 0 Å². The van der Waals surface area contributed by atoms with Crippen LogP contribution in [0.1, 0.15) is 28.8 Å². The van der Waals surface area contributed by atoms with Crippen molar-refractivity contribution in [2.45, 2.75) is 25.8 Å². The van der Waals surface area contributed by atoms with Gasteiger partial charge >= 0.3 is 6.03 Å². The molecular weight excluding hydrogens is 294 g/mol. The van der Waals surface area contributed by atoms with E-state index in [-0.39, 0.29) is 30.4 Å². The van der Waals surface area contributed by atoms with Crippen LogP contribution < -0.4 is 10.2 Å². The lowest BCUT2D eigenvalue weighted by molar-refractivity contribution is -0.116. The van der Waals surface area contributed by atoms with Crippen molar-refractivity contribution in [3.05, 3.63) is 42.0 Å². The lowest BCUT2D eigenvalue weighted by atomic mass is 10.1. The van der Waals surface area contributed by atoms with E-state index in [4.69, 9.17) is 0 Å². The second-order valence-electron chi connectivity index (χ2n) is 5.93. The van der Waals surface area contributed by atoms with E-state index in [0.717, 1.165) is 23.3 Å². The minimum Gasteiger partial charge on any atom is -0.349 e. The van der Waals surface area contributed by atoms with Crippen LogP contribution in [0.2, 0.25) is 0 Å². The fraction of sp³-hybridized carbons (Fsp3) is 0.353. The van der Waals surface area contributed by atoms with Gasteiger partial charge in [0.2, 0.25) is 0 Å². The Morgan fingerprint density at radius 1 is 1.39 bits per heavy atom. The van der Waals surface area contributed by atoms with Crippen LogP contribution in [-0.2, 0) is 4.79 Å². The Bertz CT molecular complexity index is 694. The van der Waals surface area contributed by atoms with Gasteiger partial charge in [0, 0.05) is 18.2 Å². The Balaban J connectivity index is 1.89. The minimum atomic E-state index is -0.377. The van der Waals surface area contributed by atoms with Gasteiger partial charge in [-0.2, -0.15) is 0 Å². The third kappa shape index (κ3) is 2.97. The average molecular weight is 313 g/mol. The number of rotatable bonds is 5. The maximum absolute atomic E-state index is 12.4. The Hall–Kier alpha value is -2.63. The Morgan fingerprint density at radius 2 is 2.13 bits per heavy atom. The lowest BCUT2D eigenvalue weighted by Crippen LogP contribution is -2.34. The SMILES string of the molecule is C=CCN1CC(=O)N(c2cc(C(=O)NC3CC3)ccc2C)C1=O. The molecule has 0 unspecified atom stereocenters. The molecule has 1 saturated carbocycles. The van der Waals surface area contributed by atoms with Gasteiger partial charge in [0.15, 0.2) is 0 Å². The molecule has 1 N–H and O–H groups in total. The number of carbonyl (C=O) groups is 3. The highest BCUT2D eigenvalue weighted by molar-refractivity contribution is 6.20. The number of imide groups is 1. The van der Waals surface area contributed by atoms with Gasteiger partial charge in [-0.25, -0.2) is 9.69 Å². The van der Waals surface area contributed by atoms with Crippen molar-refractivity contribution in [2.75, 3.05) is 18.0 Å². The quantitative estimate of drug-likeness (QED) is 0.666. The molecule has 1 aromatic carbocycles. The number of nitrogens with zero attached hydrogens (tertiary/aromatic N) is 2. The van der Waals surface area contributed by atoms with E-state index in [1.807, 2.05) is 6.92 Å². The van der Waals surface area contributed by atoms with E-state index in [1.54, 1.807) is 24.3 Å². The van der Waals surface area contributed by atoms with Crippen molar-refractivity contribution in [3.8, 4) is 0 Å². The molecular formula is C17H19N3O3. The zero-order valence-corrected chi connectivity index (χ0v) is 13.0. The van der Waals surface area contributed by atoms with Gasteiger partial charge in [0.25, 0.3) is 11.8 Å². The summed E-state index contributed by atoms with van der Waals surface area (Å²) in [5, 5.41) is 2.91. The number of urea groups is 1. The van der Waals surface area contributed by atoms with Gasteiger partial charge < -0.3 is 10.2 Å². The molecule has 2 aliphatic rings. The second kappa shape index (κ2) is 5.87. The van der Waals surface area contributed by atoms with E-state index in [9.17, 15) is 14.4 Å². The van der Waals surface area contributed by atoms with Gasteiger partial charge in [-0.1, -0.05) is 12.1 Å². The second-order valence-corrected chi connectivity index (χ2v) is 5.93. The topological polar surface area (TPSA) is 69.7 Å². The Labute approximate surface area is 134 Å². The van der Waals surface area contributed by atoms with E-state index >= 15 is 0 Å². The van der Waals surface area contributed by atoms with Crippen molar-refractivity contribution >= 4 is 23.5 Å². The molecule has 1 heterocycles. The fourth-order valence-electron chi connectivity index (χ4n) is 2.57. The molecule has 2 fully saturated rings. The zero-order valence-electron chi connectivity index (χ0n) is 13.0. The summed E-state index contributed by atoms with van der Waals surface area (Å²) in [5.74, 6) is -0.463.